The Balaban J connectivity index is 1.61. The van der Waals surface area contributed by atoms with Crippen LogP contribution in [0.25, 0.3) is 11.0 Å². The molecule has 1 saturated heterocycles. The number of para-hydroxylation sites is 1. The number of halogens is 1. The smallest absolute Gasteiger partial charge is 0.345 e. The molecule has 1 atom stereocenters. The number of carbonyl (C=O) groups is 1. The summed E-state index contributed by atoms with van der Waals surface area (Å²) in [5.74, 6) is -1.50. The predicted molar refractivity (Wildman–Crippen MR) is 127 cm³/mol. The van der Waals surface area contributed by atoms with Gasteiger partial charge in [-0.2, -0.15) is 5.26 Å². The molecule has 2 N–H and O–H groups in total. The van der Waals surface area contributed by atoms with Gasteiger partial charge >= 0.3 is 5.63 Å². The van der Waals surface area contributed by atoms with Crippen molar-refractivity contribution in [3.63, 3.8) is 0 Å². The molecule has 1 amide bonds. The number of ether oxygens (including phenoxy) is 2. The lowest BCUT2D eigenvalue weighted by molar-refractivity contribution is -0.121. The molecule has 0 aliphatic carbocycles. The van der Waals surface area contributed by atoms with E-state index < -0.39 is 22.8 Å². The lowest BCUT2D eigenvalue weighted by atomic mass is 9.69. The summed E-state index contributed by atoms with van der Waals surface area (Å²) in [7, 11) is 0. The topological polar surface area (TPSA) is 122 Å². The van der Waals surface area contributed by atoms with Crippen molar-refractivity contribution in [3.05, 3.63) is 81.3 Å². The van der Waals surface area contributed by atoms with Crippen molar-refractivity contribution in [2.75, 3.05) is 44.3 Å². The quantitative estimate of drug-likeness (QED) is 0.556. The molecule has 1 fully saturated rings. The molecule has 6 rings (SSSR count). The third kappa shape index (κ3) is 3.00. The van der Waals surface area contributed by atoms with E-state index in [-0.39, 0.29) is 40.5 Å². The monoisotopic (exact) mass is 488 g/mol. The number of hydrogen-bond acceptors (Lipinski definition) is 8. The SMILES string of the molecule is N#CC1=C(N)Oc2c(c(=O)oc3ccccc23)[C@]12C(=O)N(CCN1CCOCC1)c1ccc(F)cc12. The standard InChI is InChI=1S/C26H21FN4O5/c27-15-5-6-19-17(13-15)26(25(33)31(19)8-7-30-9-11-34-12-10-30)18(14-28)23(29)36-22-16-3-1-2-4-20(16)35-24(32)21(22)26/h1-6,13H,7-12,29H2/t26-/m1/s1. The minimum Gasteiger partial charge on any atom is -0.439 e. The summed E-state index contributed by atoms with van der Waals surface area (Å²) in [5, 5.41) is 10.6. The number of rotatable bonds is 3. The van der Waals surface area contributed by atoms with Crippen molar-refractivity contribution in [3.8, 4) is 11.8 Å². The number of nitrogens with zero attached hydrogens (tertiary/aromatic N) is 3. The van der Waals surface area contributed by atoms with Crippen molar-refractivity contribution in [2.45, 2.75) is 5.41 Å². The maximum atomic E-state index is 14.7. The number of nitrogens with two attached hydrogens (primary N) is 1. The van der Waals surface area contributed by atoms with Crippen molar-refractivity contribution in [1.82, 2.24) is 4.90 Å². The molecule has 1 aromatic heterocycles. The molecule has 0 unspecified atom stereocenters. The molecule has 3 aliphatic heterocycles. The van der Waals surface area contributed by atoms with Gasteiger partial charge in [-0.1, -0.05) is 12.1 Å². The Morgan fingerprint density at radius 2 is 1.89 bits per heavy atom. The van der Waals surface area contributed by atoms with E-state index in [0.717, 1.165) is 0 Å². The number of nitriles is 1. The van der Waals surface area contributed by atoms with Crippen LogP contribution in [0.5, 0.6) is 5.75 Å². The summed E-state index contributed by atoms with van der Waals surface area (Å²) in [6, 6.07) is 12.5. The highest BCUT2D eigenvalue weighted by molar-refractivity contribution is 6.14. The second-order valence-electron chi connectivity index (χ2n) is 8.87. The number of anilines is 1. The van der Waals surface area contributed by atoms with Crippen LogP contribution >= 0.6 is 0 Å². The maximum Gasteiger partial charge on any atom is 0.345 e. The van der Waals surface area contributed by atoms with Gasteiger partial charge in [-0.25, -0.2) is 9.18 Å². The largest absolute Gasteiger partial charge is 0.439 e. The Morgan fingerprint density at radius 1 is 1.11 bits per heavy atom. The van der Waals surface area contributed by atoms with Gasteiger partial charge in [0.1, 0.15) is 28.6 Å². The van der Waals surface area contributed by atoms with Gasteiger partial charge in [0.25, 0.3) is 0 Å². The van der Waals surface area contributed by atoms with E-state index in [1.54, 1.807) is 24.3 Å². The molecule has 10 heteroatoms. The highest BCUT2D eigenvalue weighted by atomic mass is 19.1. The molecule has 3 aromatic rings. The molecule has 182 valence electrons. The molecule has 1 spiro atoms. The van der Waals surface area contributed by atoms with Crippen LogP contribution in [0.3, 0.4) is 0 Å². The molecule has 9 nitrogen and oxygen atoms in total. The van der Waals surface area contributed by atoms with E-state index in [9.17, 15) is 19.2 Å². The number of carbonyl (C=O) groups excluding carboxylic acids is 1. The first kappa shape index (κ1) is 22.3. The number of benzene rings is 2. The highest BCUT2D eigenvalue weighted by Gasteiger charge is 2.61. The molecule has 0 radical (unpaired) electrons. The summed E-state index contributed by atoms with van der Waals surface area (Å²) >= 11 is 0. The van der Waals surface area contributed by atoms with Gasteiger partial charge in [-0.05, 0) is 30.3 Å². The third-order valence-electron chi connectivity index (χ3n) is 7.05. The van der Waals surface area contributed by atoms with Crippen molar-refractivity contribution >= 4 is 22.6 Å². The Labute approximate surface area is 204 Å². The fourth-order valence-corrected chi connectivity index (χ4v) is 5.40. The van der Waals surface area contributed by atoms with Gasteiger partial charge in [0.15, 0.2) is 11.2 Å². The minimum atomic E-state index is -2.00. The number of morpholine rings is 1. The van der Waals surface area contributed by atoms with Crippen LogP contribution in [0.1, 0.15) is 11.1 Å². The Morgan fingerprint density at radius 3 is 2.67 bits per heavy atom. The van der Waals surface area contributed by atoms with E-state index in [4.69, 9.17) is 19.6 Å². The molecule has 4 heterocycles. The van der Waals surface area contributed by atoms with Crippen LogP contribution in [0.15, 0.2) is 63.1 Å². The van der Waals surface area contributed by atoms with Crippen molar-refractivity contribution < 1.29 is 23.1 Å². The second-order valence-corrected chi connectivity index (χ2v) is 8.87. The van der Waals surface area contributed by atoms with E-state index in [1.165, 1.54) is 23.1 Å². The Hall–Kier alpha value is -4.20. The van der Waals surface area contributed by atoms with E-state index in [2.05, 4.69) is 4.90 Å². The average molecular weight is 488 g/mol. The highest BCUT2D eigenvalue weighted by Crippen LogP contribution is 2.55. The first-order chi connectivity index (χ1) is 17.5. The number of hydrogen-bond donors (Lipinski definition) is 1. The van der Waals surface area contributed by atoms with E-state index in [1.807, 2.05) is 6.07 Å². The fraction of sp³-hybridized carbons (Fsp3) is 0.269. The first-order valence-electron chi connectivity index (χ1n) is 11.5. The van der Waals surface area contributed by atoms with Crippen LogP contribution in [-0.4, -0.2) is 50.2 Å². The third-order valence-corrected chi connectivity index (χ3v) is 7.05. The number of amides is 1. The van der Waals surface area contributed by atoms with Gasteiger partial charge in [0.2, 0.25) is 11.8 Å². The molecular weight excluding hydrogens is 467 g/mol. The fourth-order valence-electron chi connectivity index (χ4n) is 5.40. The first-order valence-corrected chi connectivity index (χ1v) is 11.5. The molecule has 36 heavy (non-hydrogen) atoms. The zero-order valence-electron chi connectivity index (χ0n) is 19.1. The summed E-state index contributed by atoms with van der Waals surface area (Å²) in [6.07, 6.45) is 0. The maximum absolute atomic E-state index is 14.7. The minimum absolute atomic E-state index is 0.0249. The van der Waals surface area contributed by atoms with Crippen LogP contribution in [0.2, 0.25) is 0 Å². The van der Waals surface area contributed by atoms with E-state index in [0.29, 0.717) is 43.9 Å². The lowest BCUT2D eigenvalue weighted by Gasteiger charge is -2.34. The Bertz CT molecular complexity index is 1550. The van der Waals surface area contributed by atoms with Crippen molar-refractivity contribution in [1.29, 1.82) is 5.26 Å². The van der Waals surface area contributed by atoms with Gasteiger partial charge < -0.3 is 24.5 Å². The van der Waals surface area contributed by atoms with Crippen LogP contribution < -0.4 is 21.0 Å². The molecule has 0 bridgehead atoms. The molecular formula is C26H21FN4O5. The zero-order chi connectivity index (χ0) is 25.0. The van der Waals surface area contributed by atoms with Crippen LogP contribution in [0.4, 0.5) is 10.1 Å². The molecule has 0 saturated carbocycles. The van der Waals surface area contributed by atoms with E-state index >= 15 is 0 Å². The van der Waals surface area contributed by atoms with Crippen LogP contribution in [-0.2, 0) is 14.9 Å². The molecule has 2 aromatic carbocycles. The number of fused-ring (bicyclic) bond motifs is 6. The van der Waals surface area contributed by atoms with Crippen LogP contribution in [0, 0.1) is 17.1 Å². The van der Waals surface area contributed by atoms with Gasteiger partial charge in [-0.3, -0.25) is 9.69 Å². The lowest BCUT2D eigenvalue weighted by Crippen LogP contribution is -2.50. The Kier molecular flexibility index (Phi) is 5.07. The summed E-state index contributed by atoms with van der Waals surface area (Å²) in [6.45, 7) is 3.40. The van der Waals surface area contributed by atoms with Gasteiger partial charge in [0.05, 0.1) is 18.6 Å². The molecule has 3 aliphatic rings. The van der Waals surface area contributed by atoms with Crippen molar-refractivity contribution in [2.24, 2.45) is 5.73 Å². The summed E-state index contributed by atoms with van der Waals surface area (Å²) in [5.41, 5.74) is 3.68. The van der Waals surface area contributed by atoms with Gasteiger partial charge in [-0.15, -0.1) is 0 Å². The predicted octanol–water partition coefficient (Wildman–Crippen LogP) is 1.98. The average Bonchev–Trinajstić information content (AvgIpc) is 3.11. The van der Waals surface area contributed by atoms with Gasteiger partial charge in [0, 0.05) is 37.4 Å². The normalized spacial score (nSPS) is 21.4. The zero-order valence-corrected chi connectivity index (χ0v) is 19.1. The summed E-state index contributed by atoms with van der Waals surface area (Å²) < 4.78 is 31.4. The summed E-state index contributed by atoms with van der Waals surface area (Å²) in [4.78, 5) is 31.5. The second kappa shape index (κ2) is 8.19.